The molecule has 0 aromatic rings. The number of hydrogen-bond donors (Lipinski definition) is 1. The molecule has 3 nitrogen and oxygen atoms in total. The molecule has 44 valence electrons. The van der Waals surface area contributed by atoms with Gasteiger partial charge in [0, 0.05) is 0 Å². The molecule has 0 saturated carbocycles. The number of rotatable bonds is 3. The quantitative estimate of drug-likeness (QED) is 0.386. The van der Waals surface area contributed by atoms with Crippen LogP contribution in [0.2, 0.25) is 0 Å². The summed E-state index contributed by atoms with van der Waals surface area (Å²) in [6.07, 6.45) is 0. The third kappa shape index (κ3) is 6.35. The van der Waals surface area contributed by atoms with Gasteiger partial charge in [-0.2, -0.15) is 0 Å². The van der Waals surface area contributed by atoms with Crippen LogP contribution in [0, 0.1) is 5.21 Å². The van der Waals surface area contributed by atoms with Gasteiger partial charge >= 0.3 is 52.9 Å². The summed E-state index contributed by atoms with van der Waals surface area (Å²) in [5.41, 5.74) is 0. The molecule has 0 fully saturated rings. The van der Waals surface area contributed by atoms with E-state index in [0.717, 1.165) is 0 Å². The van der Waals surface area contributed by atoms with E-state index in [-0.39, 0.29) is 5.23 Å². The van der Waals surface area contributed by atoms with E-state index in [4.69, 9.17) is 0 Å². The van der Waals surface area contributed by atoms with Crippen molar-refractivity contribution < 1.29 is 30.0 Å². The average molecular weight is 216 g/mol. The Morgan fingerprint density at radius 3 is 2.71 bits per heavy atom. The maximum absolute atomic E-state index is 9.96. The Hall–Kier alpha value is 0.350. The molecule has 0 aliphatic rings. The van der Waals surface area contributed by atoms with E-state index < -0.39 is 21.6 Å². The minimum absolute atomic E-state index is 0.215. The summed E-state index contributed by atoms with van der Waals surface area (Å²) in [6, 6.07) is 0. The van der Waals surface area contributed by atoms with E-state index in [9.17, 15) is 5.21 Å². The summed E-state index contributed by atoms with van der Waals surface area (Å²) in [7, 11) is 1.39. The Balaban J connectivity index is 2.81. The molecule has 0 aromatic heterocycles. The van der Waals surface area contributed by atoms with Gasteiger partial charge in [-0.25, -0.2) is 0 Å². The molecule has 0 saturated heterocycles. The van der Waals surface area contributed by atoms with Crippen LogP contribution in [-0.2, 0) is 3.17 Å². The van der Waals surface area contributed by atoms with E-state index in [2.05, 4.69) is 9.75 Å². The Bertz CT molecular complexity index is 56.9. The van der Waals surface area contributed by atoms with Crippen LogP contribution >= 0.6 is 0 Å². The normalized spacial score (nSPS) is 14.0. The summed E-state index contributed by atoms with van der Waals surface area (Å²) >= 11 is -0.498. The third-order valence-corrected chi connectivity index (χ3v) is 1.45. The van der Waals surface area contributed by atoms with E-state index in [0.29, 0.717) is 0 Å². The average Bonchev–Trinajstić information content (AvgIpc) is 1.61. The van der Waals surface area contributed by atoms with E-state index >= 15 is 0 Å². The first-order chi connectivity index (χ1) is 3.27. The van der Waals surface area contributed by atoms with E-state index in [1.165, 1.54) is 7.05 Å². The molecule has 0 aromatic carbocycles. The molecule has 0 aliphatic carbocycles. The zero-order valence-corrected chi connectivity index (χ0v) is 6.14. The molecule has 0 heterocycles. The molecular weight excluding hydrogens is 209 g/mol. The van der Waals surface area contributed by atoms with Crippen molar-refractivity contribution in [1.82, 2.24) is 0 Å². The van der Waals surface area contributed by atoms with Crippen molar-refractivity contribution in [3.05, 3.63) is 15.9 Å². The summed E-state index contributed by atoms with van der Waals surface area (Å²) in [4.78, 5) is 0. The van der Waals surface area contributed by atoms with Crippen molar-refractivity contribution in [3.63, 3.8) is 0 Å². The zero-order valence-electron chi connectivity index (χ0n) is 3.98. The molecule has 1 atom stereocenters. The molecule has 0 spiro atoms. The summed E-state index contributed by atoms with van der Waals surface area (Å²) in [6.45, 7) is 3.40. The van der Waals surface area contributed by atoms with Gasteiger partial charge in [-0.05, 0) is 0 Å². The van der Waals surface area contributed by atoms with Crippen molar-refractivity contribution in [2.45, 2.75) is 0 Å². The van der Waals surface area contributed by atoms with Crippen LogP contribution in [0.25, 0.3) is 0 Å². The van der Waals surface area contributed by atoms with Gasteiger partial charge in [-0.1, -0.05) is 0 Å². The van der Waals surface area contributed by atoms with Crippen LogP contribution in [0.3, 0.4) is 0 Å². The van der Waals surface area contributed by atoms with Crippen LogP contribution in [0.15, 0.2) is 10.7 Å². The molecule has 1 N–H and O–H groups in total. The van der Waals surface area contributed by atoms with Gasteiger partial charge in [0.2, 0.25) is 0 Å². The summed E-state index contributed by atoms with van der Waals surface area (Å²) in [5.74, 6) is 0. The fraction of sp³-hybridized carbons (Fsp3) is 0.333. The first kappa shape index (κ1) is 7.35. The summed E-state index contributed by atoms with van der Waals surface area (Å²) in [5, 5.41) is 9.75. The maximum atomic E-state index is 9.96. The third-order valence-electron chi connectivity index (χ3n) is 0.216. The van der Waals surface area contributed by atoms with E-state index in [1.807, 2.05) is 0 Å². The van der Waals surface area contributed by atoms with Crippen LogP contribution in [0.4, 0.5) is 0 Å². The van der Waals surface area contributed by atoms with Crippen LogP contribution in [0.1, 0.15) is 0 Å². The number of quaternary nitrogens is 1. The second-order valence-corrected chi connectivity index (χ2v) is 2.64. The SMILES string of the molecule is C=C[I-]O[NH+](C)[O-]. The van der Waals surface area contributed by atoms with Crippen molar-refractivity contribution in [3.8, 4) is 0 Å². The molecule has 1 unspecified atom stereocenters. The Morgan fingerprint density at radius 2 is 2.57 bits per heavy atom. The zero-order chi connectivity index (χ0) is 5.70. The molecular formula is C3H7INO2-. The fourth-order valence-electron chi connectivity index (χ4n) is 0.0942. The number of hydroxylamine groups is 2. The van der Waals surface area contributed by atoms with Crippen LogP contribution < -0.4 is 26.8 Å². The van der Waals surface area contributed by atoms with Crippen molar-refractivity contribution >= 4 is 0 Å². The van der Waals surface area contributed by atoms with E-state index in [1.54, 1.807) is 4.08 Å². The van der Waals surface area contributed by atoms with Crippen molar-refractivity contribution in [2.24, 2.45) is 0 Å². The monoisotopic (exact) mass is 216 g/mol. The van der Waals surface area contributed by atoms with Crippen molar-refractivity contribution in [1.29, 1.82) is 0 Å². The predicted octanol–water partition coefficient (Wildman–Crippen LogP) is -3.92. The molecule has 7 heavy (non-hydrogen) atoms. The van der Waals surface area contributed by atoms with Crippen LogP contribution in [0.5, 0.6) is 0 Å². The van der Waals surface area contributed by atoms with Gasteiger partial charge in [-0.15, -0.1) is 0 Å². The summed E-state index contributed by atoms with van der Waals surface area (Å²) < 4.78 is 6.18. The Kier molecular flexibility index (Phi) is 4.73. The van der Waals surface area contributed by atoms with Crippen molar-refractivity contribution in [2.75, 3.05) is 7.05 Å². The number of halogens is 1. The van der Waals surface area contributed by atoms with Gasteiger partial charge in [0.1, 0.15) is 0 Å². The fourth-order valence-corrected chi connectivity index (χ4v) is 0.632. The topological polar surface area (TPSA) is 36.7 Å². The van der Waals surface area contributed by atoms with Gasteiger partial charge in [0.15, 0.2) is 0 Å². The van der Waals surface area contributed by atoms with Gasteiger partial charge < -0.3 is 0 Å². The van der Waals surface area contributed by atoms with Gasteiger partial charge in [0.25, 0.3) is 0 Å². The van der Waals surface area contributed by atoms with Crippen LogP contribution in [-0.4, -0.2) is 7.05 Å². The molecule has 4 heteroatoms. The van der Waals surface area contributed by atoms with Gasteiger partial charge in [-0.3, -0.25) is 0 Å². The van der Waals surface area contributed by atoms with Gasteiger partial charge in [0.05, 0.1) is 0 Å². The molecule has 0 amide bonds. The number of nitrogens with one attached hydrogen (secondary N) is 1. The Labute approximate surface area is 53.3 Å². The standard InChI is InChI=1S/C3H7INO2/c1-3-4-7-5(2)6/h3,5H,1H2,2H3/q-1. The molecule has 0 rings (SSSR count). The molecule has 0 bridgehead atoms. The second-order valence-electron chi connectivity index (χ2n) is 0.812. The number of hydrogen-bond acceptors (Lipinski definition) is 2. The minimum atomic E-state index is -0.498. The second kappa shape index (κ2) is 4.51. The molecule has 0 aliphatic heterocycles. The first-order valence-corrected chi connectivity index (χ1v) is 3.82. The Morgan fingerprint density at radius 1 is 2.00 bits per heavy atom. The predicted molar refractivity (Wildman–Crippen MR) is 21.5 cm³/mol. The first-order valence-electron chi connectivity index (χ1n) is 1.69. The molecule has 0 radical (unpaired) electrons.